The number of rotatable bonds is 8. The van der Waals surface area contributed by atoms with Crippen molar-refractivity contribution in [1.29, 1.82) is 0 Å². The molecule has 0 aromatic heterocycles. The van der Waals surface area contributed by atoms with E-state index in [4.69, 9.17) is 18.9 Å². The molecule has 43 heavy (non-hydrogen) atoms. The van der Waals surface area contributed by atoms with Gasteiger partial charge in [0, 0.05) is 18.9 Å². The molecule has 0 saturated carbocycles. The Morgan fingerprint density at radius 3 is 2.51 bits per heavy atom. The summed E-state index contributed by atoms with van der Waals surface area (Å²) in [4.78, 5) is 41.1. The van der Waals surface area contributed by atoms with Gasteiger partial charge < -0.3 is 39.4 Å². The fourth-order valence-corrected chi connectivity index (χ4v) is 6.78. The number of aliphatic hydroxyl groups excluding tert-OH is 2. The first kappa shape index (κ1) is 31.7. The minimum absolute atomic E-state index is 0.0135. The van der Waals surface area contributed by atoms with Gasteiger partial charge in [-0.3, -0.25) is 14.4 Å². The number of epoxide rings is 1. The molecular formula is C32H44N2O9. The average Bonchev–Trinajstić information content (AvgIpc) is 3.71. The predicted molar refractivity (Wildman–Crippen MR) is 155 cm³/mol. The van der Waals surface area contributed by atoms with Gasteiger partial charge >= 0.3 is 0 Å². The summed E-state index contributed by atoms with van der Waals surface area (Å²) in [5.41, 5.74) is 0.283. The average molecular weight is 601 g/mol. The van der Waals surface area contributed by atoms with Crippen LogP contribution in [0.3, 0.4) is 0 Å². The van der Waals surface area contributed by atoms with Gasteiger partial charge in [0.15, 0.2) is 17.6 Å². The van der Waals surface area contributed by atoms with E-state index in [0.717, 1.165) is 5.57 Å². The van der Waals surface area contributed by atoms with Gasteiger partial charge in [-0.1, -0.05) is 56.7 Å². The molecule has 5 rings (SSSR count). The lowest BCUT2D eigenvalue weighted by Crippen LogP contribution is -2.61. The molecule has 0 aromatic rings. The summed E-state index contributed by atoms with van der Waals surface area (Å²) in [6.45, 7) is 11.7. The van der Waals surface area contributed by atoms with Crippen molar-refractivity contribution in [2.24, 2.45) is 23.7 Å². The zero-order valence-corrected chi connectivity index (χ0v) is 25.8. The monoisotopic (exact) mass is 600 g/mol. The van der Waals surface area contributed by atoms with Crippen LogP contribution in [0.5, 0.6) is 0 Å². The van der Waals surface area contributed by atoms with Gasteiger partial charge in [0.05, 0.1) is 43.0 Å². The number of likely N-dealkylation sites (tertiary alicyclic amines) is 1. The van der Waals surface area contributed by atoms with Crippen LogP contribution in [0, 0.1) is 23.7 Å². The van der Waals surface area contributed by atoms with Gasteiger partial charge in [0.25, 0.3) is 0 Å². The van der Waals surface area contributed by atoms with Crippen molar-refractivity contribution in [2.75, 3.05) is 13.7 Å². The molecule has 13 atom stereocenters. The first-order valence-corrected chi connectivity index (χ1v) is 15.1. The van der Waals surface area contributed by atoms with Gasteiger partial charge in [0.1, 0.15) is 12.0 Å². The number of amides is 2. The van der Waals surface area contributed by atoms with Crippen molar-refractivity contribution in [1.82, 2.24) is 10.2 Å². The van der Waals surface area contributed by atoms with Crippen molar-refractivity contribution < 1.29 is 43.5 Å². The number of Topliss-reactive ketones (excluding diaryl/α,β-unsaturated/α-hetero) is 1. The maximum absolute atomic E-state index is 13.7. The van der Waals surface area contributed by atoms with Gasteiger partial charge in [-0.05, 0) is 32.9 Å². The summed E-state index contributed by atoms with van der Waals surface area (Å²) < 4.78 is 24.3. The second-order valence-electron chi connectivity index (χ2n) is 12.7. The third-order valence-electron chi connectivity index (χ3n) is 9.61. The standard InChI is InChI=1S/C32H44N2O9/c1-16(14-17(2)28-18(3)23-12-13-32(15-40-32)31(6,42-23)43-28)8-9-22(36)25-27(37)26(19(4)29(38)33-7)34(30(25)39)24-11-10-21(35)20(5)41-24/h8-14,17-26,28,35-36H,15H2,1-7H3,(H,33,38)/b9-8+,16-14+/t17-,18+,19+,20+,21+,22?,23-,24+,25?,26+,28-,31-,32-/m1/s1. The van der Waals surface area contributed by atoms with E-state index in [1.54, 1.807) is 19.9 Å². The quantitative estimate of drug-likeness (QED) is 0.163. The summed E-state index contributed by atoms with van der Waals surface area (Å²) in [5, 5.41) is 23.7. The molecular weight excluding hydrogens is 556 g/mol. The molecule has 236 valence electrons. The van der Waals surface area contributed by atoms with Crippen molar-refractivity contribution >= 4 is 17.6 Å². The third-order valence-corrected chi connectivity index (χ3v) is 9.61. The van der Waals surface area contributed by atoms with Crippen molar-refractivity contribution in [3.05, 3.63) is 48.1 Å². The van der Waals surface area contributed by atoms with Gasteiger partial charge in [-0.2, -0.15) is 0 Å². The summed E-state index contributed by atoms with van der Waals surface area (Å²) in [5.74, 6) is -4.69. The first-order chi connectivity index (χ1) is 20.2. The lowest BCUT2D eigenvalue weighted by atomic mass is 9.82. The lowest BCUT2D eigenvalue weighted by molar-refractivity contribution is -0.346. The summed E-state index contributed by atoms with van der Waals surface area (Å²) in [7, 11) is 1.46. The highest BCUT2D eigenvalue weighted by atomic mass is 16.8. The number of nitrogens with one attached hydrogen (secondary N) is 1. The third kappa shape index (κ3) is 5.55. The molecule has 2 amide bonds. The minimum Gasteiger partial charge on any atom is -0.388 e. The Labute approximate surface area is 252 Å². The van der Waals surface area contributed by atoms with E-state index in [0.29, 0.717) is 6.61 Å². The highest BCUT2D eigenvalue weighted by Crippen LogP contribution is 2.52. The van der Waals surface area contributed by atoms with Crippen LogP contribution >= 0.6 is 0 Å². The fourth-order valence-electron chi connectivity index (χ4n) is 6.78. The Morgan fingerprint density at radius 1 is 1.19 bits per heavy atom. The summed E-state index contributed by atoms with van der Waals surface area (Å²) >= 11 is 0. The molecule has 5 aliphatic heterocycles. The van der Waals surface area contributed by atoms with E-state index in [1.165, 1.54) is 30.2 Å². The Kier molecular flexibility index (Phi) is 8.62. The highest BCUT2D eigenvalue weighted by molar-refractivity contribution is 6.12. The van der Waals surface area contributed by atoms with Crippen LogP contribution in [0.1, 0.15) is 41.5 Å². The van der Waals surface area contributed by atoms with Crippen LogP contribution in [-0.2, 0) is 33.3 Å². The SMILES string of the molecule is CNC(=O)[C@@H](C)[C@H]1C(=O)C(C(O)/C=C/C(C)=C/[C@@H](C)[C@H]2O[C@@]3(C)O[C@H](C=C[C@@]34CO4)[C@@H]2C)C(=O)N1[C@@H]1C=C[C@H](O)[C@H](C)O1. The van der Waals surface area contributed by atoms with E-state index < -0.39 is 71.4 Å². The molecule has 3 N–H and O–H groups in total. The van der Waals surface area contributed by atoms with Crippen LogP contribution in [0.4, 0.5) is 0 Å². The highest BCUT2D eigenvalue weighted by Gasteiger charge is 2.66. The van der Waals surface area contributed by atoms with E-state index in [9.17, 15) is 24.6 Å². The zero-order chi connectivity index (χ0) is 31.4. The first-order valence-electron chi connectivity index (χ1n) is 15.1. The topological polar surface area (TPSA) is 147 Å². The molecule has 0 aromatic carbocycles. The smallest absolute Gasteiger partial charge is 0.239 e. The van der Waals surface area contributed by atoms with Crippen LogP contribution in [0.25, 0.3) is 0 Å². The van der Waals surface area contributed by atoms with Crippen LogP contribution < -0.4 is 5.32 Å². The predicted octanol–water partition coefficient (Wildman–Crippen LogP) is 1.40. The van der Waals surface area contributed by atoms with Gasteiger partial charge in [0.2, 0.25) is 17.6 Å². The largest absolute Gasteiger partial charge is 0.388 e. The molecule has 5 heterocycles. The number of ketones is 1. The number of hydrogen-bond donors (Lipinski definition) is 3. The fraction of sp³-hybridized carbons (Fsp3) is 0.656. The molecule has 5 aliphatic rings. The minimum atomic E-state index is -1.42. The molecule has 0 radical (unpaired) electrons. The zero-order valence-electron chi connectivity index (χ0n) is 25.8. The molecule has 3 fully saturated rings. The summed E-state index contributed by atoms with van der Waals surface area (Å²) in [6.07, 6.45) is 8.16. The number of ether oxygens (including phenoxy) is 4. The van der Waals surface area contributed by atoms with Gasteiger partial charge in [-0.15, -0.1) is 0 Å². The van der Waals surface area contributed by atoms with Crippen molar-refractivity contribution in [2.45, 2.75) is 95.7 Å². The Hall–Kier alpha value is -2.67. The molecule has 1 spiro atoms. The van der Waals surface area contributed by atoms with Crippen LogP contribution in [-0.4, -0.2) is 101 Å². The molecule has 0 aliphatic carbocycles. The Morgan fingerprint density at radius 2 is 1.88 bits per heavy atom. The number of carbonyl (C=O) groups is 3. The normalized spacial score (nSPS) is 42.9. The van der Waals surface area contributed by atoms with E-state index in [-0.39, 0.29) is 24.0 Å². The number of nitrogens with zero attached hydrogens (tertiary/aromatic N) is 1. The number of hydrogen-bond acceptors (Lipinski definition) is 9. The summed E-state index contributed by atoms with van der Waals surface area (Å²) in [6, 6.07) is -1.14. The second-order valence-corrected chi connectivity index (χ2v) is 12.7. The number of carbonyl (C=O) groups excluding carboxylic acids is 3. The van der Waals surface area contributed by atoms with Crippen LogP contribution in [0.2, 0.25) is 0 Å². The Balaban J connectivity index is 1.32. The molecule has 2 unspecified atom stereocenters. The van der Waals surface area contributed by atoms with E-state index in [1.807, 2.05) is 19.9 Å². The Bertz CT molecular complexity index is 1260. The van der Waals surface area contributed by atoms with Crippen molar-refractivity contribution in [3.8, 4) is 0 Å². The number of aliphatic hydroxyl groups is 2. The van der Waals surface area contributed by atoms with E-state index in [2.05, 4.69) is 31.3 Å². The van der Waals surface area contributed by atoms with E-state index >= 15 is 0 Å². The lowest BCUT2D eigenvalue weighted by Gasteiger charge is -2.51. The molecule has 3 saturated heterocycles. The maximum atomic E-state index is 13.7. The van der Waals surface area contributed by atoms with Crippen molar-refractivity contribution in [3.63, 3.8) is 0 Å². The number of allylic oxidation sites excluding steroid dienone is 2. The molecule has 2 bridgehead atoms. The molecule has 11 nitrogen and oxygen atoms in total. The van der Waals surface area contributed by atoms with Gasteiger partial charge in [-0.25, -0.2) is 0 Å². The number of fused-ring (bicyclic) bond motifs is 3. The molecule has 11 heteroatoms. The second kappa shape index (κ2) is 11.7. The maximum Gasteiger partial charge on any atom is 0.239 e. The van der Waals surface area contributed by atoms with Crippen LogP contribution in [0.15, 0.2) is 48.1 Å².